The van der Waals surface area contributed by atoms with Crippen LogP contribution in [-0.4, -0.2) is 40.0 Å². The van der Waals surface area contributed by atoms with Crippen LogP contribution in [0.2, 0.25) is 0 Å². The minimum absolute atomic E-state index is 0.392. The van der Waals surface area contributed by atoms with E-state index in [1.807, 2.05) is 6.92 Å². The number of hydrogen-bond donors (Lipinski definition) is 3. The summed E-state index contributed by atoms with van der Waals surface area (Å²) in [5.74, 6) is -1.35. The summed E-state index contributed by atoms with van der Waals surface area (Å²) in [6.07, 6.45) is -0.389. The van der Waals surface area contributed by atoms with E-state index >= 15 is 0 Å². The lowest BCUT2D eigenvalue weighted by Crippen LogP contribution is -2.48. The largest absolute Gasteiger partial charge is 0.479 e. The molecule has 0 radical (unpaired) electrons. The fourth-order valence-electron chi connectivity index (χ4n) is 1.36. The summed E-state index contributed by atoms with van der Waals surface area (Å²) in [6.45, 7) is 7.07. The van der Waals surface area contributed by atoms with Crippen molar-refractivity contribution in [2.75, 3.05) is 0 Å². The highest BCUT2D eigenvalue weighted by Crippen LogP contribution is 2.10. The average Bonchev–Trinajstić information content (AvgIpc) is 2.20. The summed E-state index contributed by atoms with van der Waals surface area (Å²) in [6, 6.07) is -0.836. The van der Waals surface area contributed by atoms with E-state index in [-0.39, 0.29) is 0 Å². The standard InChI is InChI=1S/C12H23NO5/c1-5-6-7-8(9(14)10(15)16)13-11(17)18-12(2,3)4/h8-9,14H,5-7H2,1-4H3,(H,13,17)(H,15,16)/t8-,9+/m0/s1. The van der Waals surface area contributed by atoms with Crippen LogP contribution in [-0.2, 0) is 9.53 Å². The van der Waals surface area contributed by atoms with E-state index in [1.165, 1.54) is 0 Å². The second-order valence-electron chi connectivity index (χ2n) is 5.18. The molecule has 0 saturated heterocycles. The Morgan fingerprint density at radius 1 is 1.33 bits per heavy atom. The molecule has 0 unspecified atom stereocenters. The van der Waals surface area contributed by atoms with Crippen LogP contribution in [0.1, 0.15) is 47.0 Å². The number of ether oxygens (including phenoxy) is 1. The van der Waals surface area contributed by atoms with Gasteiger partial charge in [0.2, 0.25) is 0 Å². The number of amides is 1. The van der Waals surface area contributed by atoms with Crippen molar-refractivity contribution >= 4 is 12.1 Å². The lowest BCUT2D eigenvalue weighted by Gasteiger charge is -2.25. The summed E-state index contributed by atoms with van der Waals surface area (Å²) in [5, 5.41) is 20.6. The zero-order chi connectivity index (χ0) is 14.3. The number of hydrogen-bond acceptors (Lipinski definition) is 4. The first-order chi connectivity index (χ1) is 8.17. The minimum Gasteiger partial charge on any atom is -0.479 e. The molecule has 0 aliphatic heterocycles. The van der Waals surface area contributed by atoms with Gasteiger partial charge in [-0.15, -0.1) is 0 Å². The molecular weight excluding hydrogens is 238 g/mol. The van der Waals surface area contributed by atoms with E-state index in [0.717, 1.165) is 6.42 Å². The van der Waals surface area contributed by atoms with Crippen molar-refractivity contribution in [1.29, 1.82) is 0 Å². The summed E-state index contributed by atoms with van der Waals surface area (Å²) in [5.41, 5.74) is -0.659. The number of alkyl carbamates (subject to hydrolysis) is 1. The van der Waals surface area contributed by atoms with Gasteiger partial charge in [0, 0.05) is 0 Å². The van der Waals surface area contributed by atoms with E-state index in [0.29, 0.717) is 12.8 Å². The van der Waals surface area contributed by atoms with Crippen LogP contribution in [0.5, 0.6) is 0 Å². The smallest absolute Gasteiger partial charge is 0.407 e. The van der Waals surface area contributed by atoms with Gasteiger partial charge in [0.25, 0.3) is 0 Å². The molecule has 0 aliphatic rings. The molecule has 6 heteroatoms. The quantitative estimate of drug-likeness (QED) is 0.673. The number of carbonyl (C=O) groups is 2. The van der Waals surface area contributed by atoms with Crippen molar-refractivity contribution in [3.8, 4) is 0 Å². The highest BCUT2D eigenvalue weighted by molar-refractivity contribution is 5.75. The molecule has 0 aromatic carbocycles. The SMILES string of the molecule is CCCC[C@H](NC(=O)OC(C)(C)C)[C@@H](O)C(=O)O. The van der Waals surface area contributed by atoms with Gasteiger partial charge in [0.15, 0.2) is 6.10 Å². The highest BCUT2D eigenvalue weighted by atomic mass is 16.6. The van der Waals surface area contributed by atoms with Crippen molar-refractivity contribution in [2.45, 2.75) is 64.7 Å². The van der Waals surface area contributed by atoms with Crippen LogP contribution in [0.25, 0.3) is 0 Å². The molecule has 0 bridgehead atoms. The van der Waals surface area contributed by atoms with Crippen LogP contribution < -0.4 is 5.32 Å². The maximum Gasteiger partial charge on any atom is 0.407 e. The number of carbonyl (C=O) groups excluding carboxylic acids is 1. The Labute approximate surface area is 107 Å². The number of carboxylic acid groups (broad SMARTS) is 1. The second kappa shape index (κ2) is 7.20. The van der Waals surface area contributed by atoms with E-state index in [1.54, 1.807) is 20.8 Å². The van der Waals surface area contributed by atoms with Crippen LogP contribution in [0.4, 0.5) is 4.79 Å². The normalized spacial score (nSPS) is 14.7. The molecule has 18 heavy (non-hydrogen) atoms. The van der Waals surface area contributed by atoms with E-state index in [4.69, 9.17) is 9.84 Å². The van der Waals surface area contributed by atoms with Gasteiger partial charge in [0.05, 0.1) is 6.04 Å². The zero-order valence-corrected chi connectivity index (χ0v) is 11.4. The predicted octanol–water partition coefficient (Wildman–Crippen LogP) is 1.52. The van der Waals surface area contributed by atoms with Gasteiger partial charge in [-0.05, 0) is 27.2 Å². The number of aliphatic hydroxyl groups excluding tert-OH is 1. The lowest BCUT2D eigenvalue weighted by atomic mass is 10.0. The molecule has 0 heterocycles. The first-order valence-electron chi connectivity index (χ1n) is 6.07. The van der Waals surface area contributed by atoms with Gasteiger partial charge in [-0.3, -0.25) is 0 Å². The number of aliphatic hydroxyl groups is 1. The van der Waals surface area contributed by atoms with Gasteiger partial charge < -0.3 is 20.3 Å². The topological polar surface area (TPSA) is 95.9 Å². The zero-order valence-electron chi connectivity index (χ0n) is 11.4. The van der Waals surface area contributed by atoms with Gasteiger partial charge in [0.1, 0.15) is 5.60 Å². The Balaban J connectivity index is 4.49. The fourth-order valence-corrected chi connectivity index (χ4v) is 1.36. The summed E-state index contributed by atoms with van der Waals surface area (Å²) >= 11 is 0. The Morgan fingerprint density at radius 3 is 2.28 bits per heavy atom. The molecular formula is C12H23NO5. The summed E-state index contributed by atoms with van der Waals surface area (Å²) < 4.78 is 5.02. The average molecular weight is 261 g/mol. The molecule has 3 N–H and O–H groups in total. The van der Waals surface area contributed by atoms with Crippen LogP contribution in [0, 0.1) is 0 Å². The third-order valence-electron chi connectivity index (χ3n) is 2.20. The van der Waals surface area contributed by atoms with Crippen molar-refractivity contribution in [3.63, 3.8) is 0 Å². The van der Waals surface area contributed by atoms with Gasteiger partial charge in [-0.2, -0.15) is 0 Å². The molecule has 0 rings (SSSR count). The maximum atomic E-state index is 11.5. The molecule has 6 nitrogen and oxygen atoms in total. The van der Waals surface area contributed by atoms with Crippen molar-refractivity contribution in [3.05, 3.63) is 0 Å². The summed E-state index contributed by atoms with van der Waals surface area (Å²) in [7, 11) is 0. The molecule has 0 aliphatic carbocycles. The number of nitrogens with one attached hydrogen (secondary N) is 1. The third-order valence-corrected chi connectivity index (χ3v) is 2.20. The van der Waals surface area contributed by atoms with E-state index < -0.39 is 29.8 Å². The molecule has 2 atom stereocenters. The molecule has 0 spiro atoms. The highest BCUT2D eigenvalue weighted by Gasteiger charge is 2.28. The lowest BCUT2D eigenvalue weighted by molar-refractivity contribution is -0.148. The Morgan fingerprint density at radius 2 is 1.89 bits per heavy atom. The van der Waals surface area contributed by atoms with Gasteiger partial charge in [-0.1, -0.05) is 19.8 Å². The van der Waals surface area contributed by atoms with E-state index in [2.05, 4.69) is 5.32 Å². The first kappa shape index (κ1) is 16.7. The number of carboxylic acids is 1. The van der Waals surface area contributed by atoms with Crippen LogP contribution in [0.15, 0.2) is 0 Å². The van der Waals surface area contributed by atoms with Crippen LogP contribution >= 0.6 is 0 Å². The molecule has 0 fully saturated rings. The Hall–Kier alpha value is -1.30. The number of aliphatic carboxylic acids is 1. The molecule has 106 valence electrons. The minimum atomic E-state index is -1.62. The maximum absolute atomic E-state index is 11.5. The molecule has 0 aromatic heterocycles. The number of rotatable bonds is 6. The van der Waals surface area contributed by atoms with Gasteiger partial charge >= 0.3 is 12.1 Å². The summed E-state index contributed by atoms with van der Waals surface area (Å²) in [4.78, 5) is 22.3. The number of unbranched alkanes of at least 4 members (excludes halogenated alkanes) is 1. The molecule has 0 saturated carbocycles. The van der Waals surface area contributed by atoms with Crippen molar-refractivity contribution < 1.29 is 24.5 Å². The van der Waals surface area contributed by atoms with E-state index in [9.17, 15) is 14.7 Å². The second-order valence-corrected chi connectivity index (χ2v) is 5.18. The van der Waals surface area contributed by atoms with Crippen molar-refractivity contribution in [2.24, 2.45) is 0 Å². The predicted molar refractivity (Wildman–Crippen MR) is 66.3 cm³/mol. The third kappa shape index (κ3) is 7.11. The molecule has 1 amide bonds. The Kier molecular flexibility index (Phi) is 6.68. The Bertz CT molecular complexity index is 285. The molecule has 0 aromatic rings. The van der Waals surface area contributed by atoms with Crippen LogP contribution in [0.3, 0.4) is 0 Å². The first-order valence-corrected chi connectivity index (χ1v) is 6.07. The fraction of sp³-hybridized carbons (Fsp3) is 0.833. The van der Waals surface area contributed by atoms with Gasteiger partial charge in [-0.25, -0.2) is 9.59 Å². The monoisotopic (exact) mass is 261 g/mol. The van der Waals surface area contributed by atoms with Crippen molar-refractivity contribution in [1.82, 2.24) is 5.32 Å².